The van der Waals surface area contributed by atoms with Gasteiger partial charge in [0.2, 0.25) is 11.8 Å². The van der Waals surface area contributed by atoms with Crippen molar-refractivity contribution in [2.24, 2.45) is 5.73 Å². The number of rotatable bonds is 8. The molecule has 2 amide bonds. The molecule has 0 fully saturated rings. The highest BCUT2D eigenvalue weighted by molar-refractivity contribution is 5.82. The zero-order valence-electron chi connectivity index (χ0n) is 14.6. The number of unbranched alkanes of at least 4 members (excludes halogenated alkanes) is 1. The molecule has 0 aliphatic carbocycles. The third-order valence-electron chi connectivity index (χ3n) is 2.93. The normalized spacial score (nSPS) is 13.8. The zero-order chi connectivity index (χ0) is 19.4. The molecule has 11 heteroatoms. The molecule has 0 aliphatic rings. The number of nitrogens with two attached hydrogens (primary N) is 1. The summed E-state index contributed by atoms with van der Waals surface area (Å²) >= 11 is 0. The topological polar surface area (TPSA) is 184 Å². The first-order chi connectivity index (χ1) is 11.8. The SMILES string of the molecule is CC(O)C(NC(=O)NCc1nnc(C(N)CO)o1)C(=O)O.CCCC. The monoisotopic (exact) mass is 361 g/mol. The molecule has 1 rings (SSSR count). The molecule has 3 atom stereocenters. The summed E-state index contributed by atoms with van der Waals surface area (Å²) in [6.45, 7) is 5.06. The van der Waals surface area contributed by atoms with E-state index in [1.54, 1.807) is 0 Å². The van der Waals surface area contributed by atoms with Gasteiger partial charge in [-0.05, 0) is 6.92 Å². The van der Waals surface area contributed by atoms with Crippen LogP contribution >= 0.6 is 0 Å². The summed E-state index contributed by atoms with van der Waals surface area (Å²) in [5.41, 5.74) is 5.46. The van der Waals surface area contributed by atoms with Crippen molar-refractivity contribution in [2.45, 2.75) is 58.3 Å². The minimum absolute atomic E-state index is 0.0158. The van der Waals surface area contributed by atoms with Crippen molar-refractivity contribution >= 4 is 12.0 Å². The van der Waals surface area contributed by atoms with Gasteiger partial charge in [-0.2, -0.15) is 0 Å². The molecule has 1 aromatic heterocycles. The predicted molar refractivity (Wildman–Crippen MR) is 87.4 cm³/mol. The van der Waals surface area contributed by atoms with E-state index in [9.17, 15) is 14.7 Å². The Hall–Kier alpha value is -2.24. The molecule has 0 saturated heterocycles. The lowest BCUT2D eigenvalue weighted by molar-refractivity contribution is -0.141. The molecule has 0 saturated carbocycles. The fourth-order valence-corrected chi connectivity index (χ4v) is 1.30. The second-order valence-corrected chi connectivity index (χ2v) is 5.21. The van der Waals surface area contributed by atoms with Crippen molar-refractivity contribution < 1.29 is 29.3 Å². The smallest absolute Gasteiger partial charge is 0.328 e. The standard InChI is InChI=1S/C10H17N5O6.C4H10/c1-4(17)7(9(18)19)13-10(20)12-2-6-14-15-8(21-6)5(11)3-16;1-3-4-2/h4-5,7,16-17H,2-3,11H2,1H3,(H,18,19)(H2,12,13,20);3-4H2,1-2H3. The van der Waals surface area contributed by atoms with Gasteiger partial charge in [0.1, 0.15) is 6.04 Å². The number of aromatic nitrogens is 2. The fourth-order valence-electron chi connectivity index (χ4n) is 1.30. The van der Waals surface area contributed by atoms with Crippen molar-refractivity contribution in [1.82, 2.24) is 20.8 Å². The van der Waals surface area contributed by atoms with Crippen molar-refractivity contribution in [3.05, 3.63) is 11.8 Å². The maximum absolute atomic E-state index is 11.5. The van der Waals surface area contributed by atoms with Crippen molar-refractivity contribution in [2.75, 3.05) is 6.61 Å². The Morgan fingerprint density at radius 1 is 1.28 bits per heavy atom. The Balaban J connectivity index is 0.00000129. The van der Waals surface area contributed by atoms with Crippen LogP contribution in [0.25, 0.3) is 0 Å². The largest absolute Gasteiger partial charge is 0.480 e. The number of amides is 2. The van der Waals surface area contributed by atoms with Gasteiger partial charge in [0, 0.05) is 0 Å². The molecule has 0 spiro atoms. The van der Waals surface area contributed by atoms with E-state index in [4.69, 9.17) is 20.4 Å². The van der Waals surface area contributed by atoms with E-state index >= 15 is 0 Å². The first-order valence-electron chi connectivity index (χ1n) is 7.90. The van der Waals surface area contributed by atoms with E-state index in [0.717, 1.165) is 0 Å². The van der Waals surface area contributed by atoms with Gasteiger partial charge < -0.3 is 36.1 Å². The van der Waals surface area contributed by atoms with Crippen LogP contribution in [0.5, 0.6) is 0 Å². The van der Waals surface area contributed by atoms with E-state index in [1.807, 2.05) is 0 Å². The molecule has 25 heavy (non-hydrogen) atoms. The van der Waals surface area contributed by atoms with E-state index in [2.05, 4.69) is 34.7 Å². The summed E-state index contributed by atoms with van der Waals surface area (Å²) in [4.78, 5) is 22.3. The third kappa shape index (κ3) is 8.98. The number of carboxylic acids is 1. The quantitative estimate of drug-likeness (QED) is 0.355. The van der Waals surface area contributed by atoms with E-state index in [-0.39, 0.29) is 24.9 Å². The second-order valence-electron chi connectivity index (χ2n) is 5.21. The molecule has 7 N–H and O–H groups in total. The molecule has 1 heterocycles. The van der Waals surface area contributed by atoms with Gasteiger partial charge in [-0.1, -0.05) is 26.7 Å². The maximum Gasteiger partial charge on any atom is 0.328 e. The fraction of sp³-hybridized carbons (Fsp3) is 0.714. The average Bonchev–Trinajstić information content (AvgIpc) is 3.05. The molecular formula is C14H27N5O6. The van der Waals surface area contributed by atoms with Crippen LogP contribution in [0.15, 0.2) is 4.42 Å². The van der Waals surface area contributed by atoms with E-state index in [0.29, 0.717) is 0 Å². The summed E-state index contributed by atoms with van der Waals surface area (Å²) in [5, 5.41) is 38.3. The van der Waals surface area contributed by atoms with E-state index in [1.165, 1.54) is 19.8 Å². The van der Waals surface area contributed by atoms with Crippen LogP contribution in [0.3, 0.4) is 0 Å². The van der Waals surface area contributed by atoms with Crippen molar-refractivity contribution in [3.8, 4) is 0 Å². The Bertz CT molecular complexity index is 520. The lowest BCUT2D eigenvalue weighted by atomic mass is 10.2. The second kappa shape index (κ2) is 12.2. The minimum atomic E-state index is -1.44. The number of carbonyl (C=O) groups excluding carboxylic acids is 1. The summed E-state index contributed by atoms with van der Waals surface area (Å²) in [6.07, 6.45) is 1.38. The first-order valence-corrected chi connectivity index (χ1v) is 7.90. The molecule has 11 nitrogen and oxygen atoms in total. The molecule has 0 aromatic carbocycles. The molecule has 144 valence electrons. The number of nitrogens with zero attached hydrogens (tertiary/aromatic N) is 2. The molecular weight excluding hydrogens is 334 g/mol. The number of nitrogens with one attached hydrogen (secondary N) is 2. The molecule has 1 aromatic rings. The van der Waals surface area contributed by atoms with Crippen molar-refractivity contribution in [3.63, 3.8) is 0 Å². The van der Waals surface area contributed by atoms with Gasteiger partial charge in [-0.3, -0.25) is 0 Å². The highest BCUT2D eigenvalue weighted by atomic mass is 16.4. The van der Waals surface area contributed by atoms with Crippen LogP contribution in [0.4, 0.5) is 4.79 Å². The number of hydrogen-bond donors (Lipinski definition) is 6. The van der Waals surface area contributed by atoms with Crippen LogP contribution in [0.2, 0.25) is 0 Å². The molecule has 0 radical (unpaired) electrons. The van der Waals surface area contributed by atoms with Gasteiger partial charge in [0.25, 0.3) is 0 Å². The van der Waals surface area contributed by atoms with Gasteiger partial charge in [-0.25, -0.2) is 9.59 Å². The van der Waals surface area contributed by atoms with Crippen LogP contribution in [0.1, 0.15) is 51.4 Å². The van der Waals surface area contributed by atoms with E-state index < -0.39 is 30.2 Å². The van der Waals surface area contributed by atoms with Gasteiger partial charge >= 0.3 is 12.0 Å². The zero-order valence-corrected chi connectivity index (χ0v) is 14.6. The number of aliphatic hydroxyl groups is 2. The minimum Gasteiger partial charge on any atom is -0.480 e. The Kier molecular flexibility index (Phi) is 11.1. The van der Waals surface area contributed by atoms with Gasteiger partial charge in [0.15, 0.2) is 6.04 Å². The van der Waals surface area contributed by atoms with Gasteiger partial charge in [-0.15, -0.1) is 10.2 Å². The summed E-state index contributed by atoms with van der Waals surface area (Å²) in [5.74, 6) is -1.32. The van der Waals surface area contributed by atoms with Crippen molar-refractivity contribution in [1.29, 1.82) is 0 Å². The number of aliphatic carboxylic acids is 1. The number of carbonyl (C=O) groups is 2. The molecule has 3 unspecified atom stereocenters. The predicted octanol–water partition coefficient (Wildman–Crippen LogP) is -0.499. The van der Waals surface area contributed by atoms with Crippen LogP contribution < -0.4 is 16.4 Å². The summed E-state index contributed by atoms with van der Waals surface area (Å²) in [6, 6.07) is -3.08. The molecule has 0 aliphatic heterocycles. The molecule has 0 bridgehead atoms. The Morgan fingerprint density at radius 2 is 1.88 bits per heavy atom. The first kappa shape index (κ1) is 22.8. The third-order valence-corrected chi connectivity index (χ3v) is 2.93. The lowest BCUT2D eigenvalue weighted by Crippen LogP contribution is -2.51. The number of hydrogen-bond acceptors (Lipinski definition) is 8. The number of carboxylic acid groups (broad SMARTS) is 1. The number of urea groups is 1. The summed E-state index contributed by atoms with van der Waals surface area (Å²) < 4.78 is 5.07. The summed E-state index contributed by atoms with van der Waals surface area (Å²) in [7, 11) is 0. The van der Waals surface area contributed by atoms with Crippen LogP contribution in [0, 0.1) is 0 Å². The number of aliphatic hydroxyl groups excluding tert-OH is 2. The van der Waals surface area contributed by atoms with Crippen LogP contribution in [-0.4, -0.2) is 56.3 Å². The maximum atomic E-state index is 11.5. The highest BCUT2D eigenvalue weighted by Crippen LogP contribution is 2.07. The van der Waals surface area contributed by atoms with Gasteiger partial charge in [0.05, 0.1) is 19.3 Å². The van der Waals surface area contributed by atoms with Crippen LogP contribution in [-0.2, 0) is 11.3 Å². The Morgan fingerprint density at radius 3 is 2.32 bits per heavy atom. The average molecular weight is 361 g/mol. The highest BCUT2D eigenvalue weighted by Gasteiger charge is 2.25. The Labute approximate surface area is 145 Å². The lowest BCUT2D eigenvalue weighted by Gasteiger charge is -2.16.